The molecule has 0 amide bonds. The Labute approximate surface area is 113 Å². The largest absolute Gasteiger partial charge is 0.414 e. The van der Waals surface area contributed by atoms with Crippen LogP contribution in [-0.2, 0) is 8.85 Å². The summed E-state index contributed by atoms with van der Waals surface area (Å²) in [5.74, 6) is 0. The summed E-state index contributed by atoms with van der Waals surface area (Å²) in [5, 5.41) is 4.27. The molecule has 0 aromatic heterocycles. The zero-order valence-corrected chi connectivity index (χ0v) is 14.8. The Kier molecular flexibility index (Phi) is 8.40. The van der Waals surface area contributed by atoms with Gasteiger partial charge in [0.15, 0.2) is 0 Å². The summed E-state index contributed by atoms with van der Waals surface area (Å²) in [6.07, 6.45) is 0. The van der Waals surface area contributed by atoms with Crippen molar-refractivity contribution in [2.24, 2.45) is 0 Å². The van der Waals surface area contributed by atoms with Crippen molar-refractivity contribution < 1.29 is 8.85 Å². The normalized spacial score (nSPS) is 14.0. The maximum Gasteiger partial charge on any atom is 0.211 e. The number of rotatable bonds is 8. The van der Waals surface area contributed by atoms with Crippen LogP contribution in [0, 0.1) is 0 Å². The van der Waals surface area contributed by atoms with Crippen molar-refractivity contribution >= 4 is 28.4 Å². The van der Waals surface area contributed by atoms with Gasteiger partial charge in [-0.3, -0.25) is 0 Å². The van der Waals surface area contributed by atoms with E-state index < -0.39 is 16.6 Å². The maximum atomic E-state index is 5.71. The molecular formula is C12H26O2SSi2. The Morgan fingerprint density at radius 2 is 1.18 bits per heavy atom. The smallest absolute Gasteiger partial charge is 0.211 e. The molecule has 0 heterocycles. The van der Waals surface area contributed by atoms with E-state index in [1.807, 2.05) is 13.8 Å². The van der Waals surface area contributed by atoms with E-state index in [1.165, 1.54) is 0 Å². The van der Waals surface area contributed by atoms with E-state index in [1.54, 1.807) is 11.8 Å². The molecule has 0 fully saturated rings. The highest BCUT2D eigenvalue weighted by Gasteiger charge is 2.17. The van der Waals surface area contributed by atoms with Gasteiger partial charge in [-0.05, 0) is 50.9 Å². The van der Waals surface area contributed by atoms with Crippen molar-refractivity contribution in [2.75, 3.05) is 13.2 Å². The molecule has 0 aliphatic rings. The first-order valence-corrected chi connectivity index (χ1v) is 13.0. The van der Waals surface area contributed by atoms with Gasteiger partial charge < -0.3 is 8.85 Å². The van der Waals surface area contributed by atoms with Gasteiger partial charge in [-0.15, -0.1) is 11.8 Å². The molecule has 17 heavy (non-hydrogen) atoms. The molecule has 0 bridgehead atoms. The standard InChI is InChI=1S/C12H26O2SSi2/c1-7-13-16(3,4)11-9-15-10-12-17(5,6)14-8-2/h9-12H,7-8H2,1-6H3/b11-9+,12-10+. The molecule has 2 nitrogen and oxygen atoms in total. The van der Waals surface area contributed by atoms with E-state index in [0.29, 0.717) is 0 Å². The van der Waals surface area contributed by atoms with Gasteiger partial charge in [0.2, 0.25) is 16.6 Å². The Bertz CT molecular complexity index is 237. The Morgan fingerprint density at radius 1 is 0.824 bits per heavy atom. The van der Waals surface area contributed by atoms with Crippen LogP contribution in [0.25, 0.3) is 0 Å². The summed E-state index contributed by atoms with van der Waals surface area (Å²) < 4.78 is 11.4. The molecule has 0 aromatic rings. The summed E-state index contributed by atoms with van der Waals surface area (Å²) in [6, 6.07) is 0. The molecule has 0 aromatic carbocycles. The zero-order chi connectivity index (χ0) is 13.4. The molecule has 0 radical (unpaired) electrons. The second-order valence-corrected chi connectivity index (χ2v) is 13.3. The van der Waals surface area contributed by atoms with E-state index in [0.717, 1.165) is 13.2 Å². The minimum absolute atomic E-state index is 0.800. The highest BCUT2D eigenvalue weighted by molar-refractivity contribution is 8.05. The molecule has 0 saturated heterocycles. The van der Waals surface area contributed by atoms with E-state index in [2.05, 4.69) is 48.4 Å². The van der Waals surface area contributed by atoms with E-state index in [-0.39, 0.29) is 0 Å². The third kappa shape index (κ3) is 9.85. The molecule has 0 spiro atoms. The van der Waals surface area contributed by atoms with Crippen molar-refractivity contribution in [2.45, 2.75) is 40.0 Å². The van der Waals surface area contributed by atoms with Gasteiger partial charge in [-0.2, -0.15) is 0 Å². The first-order chi connectivity index (χ1) is 7.83. The first kappa shape index (κ1) is 17.2. The van der Waals surface area contributed by atoms with Crippen molar-refractivity contribution in [3.8, 4) is 0 Å². The van der Waals surface area contributed by atoms with E-state index in [4.69, 9.17) is 8.85 Å². The van der Waals surface area contributed by atoms with Crippen LogP contribution in [0.15, 0.2) is 22.2 Å². The quantitative estimate of drug-likeness (QED) is 0.621. The molecule has 0 aliphatic heterocycles. The van der Waals surface area contributed by atoms with Crippen LogP contribution in [0.1, 0.15) is 13.8 Å². The van der Waals surface area contributed by atoms with Gasteiger partial charge in [0.1, 0.15) is 0 Å². The Morgan fingerprint density at radius 3 is 1.47 bits per heavy atom. The molecule has 5 heteroatoms. The summed E-state index contributed by atoms with van der Waals surface area (Å²) in [7, 11) is -3.14. The first-order valence-electron chi connectivity index (χ1n) is 6.12. The van der Waals surface area contributed by atoms with Crippen LogP contribution in [-0.4, -0.2) is 29.8 Å². The number of hydrogen-bond acceptors (Lipinski definition) is 3. The molecule has 0 unspecified atom stereocenters. The minimum Gasteiger partial charge on any atom is -0.414 e. The lowest BCUT2D eigenvalue weighted by Crippen LogP contribution is -2.27. The number of thioether (sulfide) groups is 1. The van der Waals surface area contributed by atoms with Gasteiger partial charge in [-0.1, -0.05) is 11.4 Å². The Balaban J connectivity index is 4.06. The van der Waals surface area contributed by atoms with Crippen molar-refractivity contribution in [1.82, 2.24) is 0 Å². The molecule has 0 aliphatic carbocycles. The number of hydrogen-bond donors (Lipinski definition) is 0. The van der Waals surface area contributed by atoms with Crippen molar-refractivity contribution in [1.29, 1.82) is 0 Å². The lowest BCUT2D eigenvalue weighted by atomic mass is 10.9. The molecular weight excluding hydrogens is 264 g/mol. The van der Waals surface area contributed by atoms with Gasteiger partial charge in [0.25, 0.3) is 0 Å². The van der Waals surface area contributed by atoms with Crippen LogP contribution in [0.2, 0.25) is 26.2 Å². The highest BCUT2D eigenvalue weighted by Crippen LogP contribution is 2.14. The third-order valence-electron chi connectivity index (χ3n) is 2.13. The predicted molar refractivity (Wildman–Crippen MR) is 84.1 cm³/mol. The Hall–Kier alpha value is 0.184. The molecule has 0 atom stereocenters. The van der Waals surface area contributed by atoms with E-state index >= 15 is 0 Å². The van der Waals surface area contributed by atoms with Crippen LogP contribution in [0.4, 0.5) is 0 Å². The fraction of sp³-hybridized carbons (Fsp3) is 0.667. The van der Waals surface area contributed by atoms with Gasteiger partial charge >= 0.3 is 0 Å². The second-order valence-electron chi connectivity index (χ2n) is 4.81. The lowest BCUT2D eigenvalue weighted by Gasteiger charge is -2.17. The average Bonchev–Trinajstić information content (AvgIpc) is 2.16. The SMILES string of the molecule is CCO[Si](C)(C)/C=C/S/C=C/[Si](C)(C)OCC. The minimum atomic E-state index is -1.57. The zero-order valence-electron chi connectivity index (χ0n) is 11.9. The topological polar surface area (TPSA) is 18.5 Å². The molecule has 0 saturated carbocycles. The fourth-order valence-corrected chi connectivity index (χ4v) is 6.31. The van der Waals surface area contributed by atoms with Gasteiger partial charge in [-0.25, -0.2) is 0 Å². The van der Waals surface area contributed by atoms with Crippen molar-refractivity contribution in [3.05, 3.63) is 22.2 Å². The maximum absolute atomic E-state index is 5.71. The summed E-state index contributed by atoms with van der Waals surface area (Å²) in [4.78, 5) is 0. The molecule has 0 N–H and O–H groups in total. The highest BCUT2D eigenvalue weighted by atomic mass is 32.2. The van der Waals surface area contributed by atoms with Crippen molar-refractivity contribution in [3.63, 3.8) is 0 Å². The average molecular weight is 291 g/mol. The lowest BCUT2D eigenvalue weighted by molar-refractivity contribution is 0.338. The van der Waals surface area contributed by atoms with Gasteiger partial charge in [0, 0.05) is 13.2 Å². The van der Waals surface area contributed by atoms with E-state index in [9.17, 15) is 0 Å². The van der Waals surface area contributed by atoms with Crippen LogP contribution in [0.3, 0.4) is 0 Å². The van der Waals surface area contributed by atoms with Gasteiger partial charge in [0.05, 0.1) is 0 Å². The molecule has 0 rings (SSSR count). The second kappa shape index (κ2) is 8.31. The predicted octanol–water partition coefficient (Wildman–Crippen LogP) is 4.31. The summed E-state index contributed by atoms with van der Waals surface area (Å²) >= 11 is 1.71. The monoisotopic (exact) mass is 290 g/mol. The van der Waals surface area contributed by atoms with Crippen LogP contribution < -0.4 is 0 Å². The third-order valence-corrected chi connectivity index (χ3v) is 7.20. The fourth-order valence-electron chi connectivity index (χ4n) is 1.29. The van der Waals surface area contributed by atoms with Crippen LogP contribution in [0.5, 0.6) is 0 Å². The summed E-state index contributed by atoms with van der Waals surface area (Å²) in [5.41, 5.74) is 4.45. The van der Waals surface area contributed by atoms with Crippen LogP contribution >= 0.6 is 11.8 Å². The molecule has 100 valence electrons. The summed E-state index contributed by atoms with van der Waals surface area (Å²) in [6.45, 7) is 14.5.